The van der Waals surface area contributed by atoms with E-state index in [1.807, 2.05) is 0 Å². The van der Waals surface area contributed by atoms with Crippen molar-refractivity contribution in [3.05, 3.63) is 0 Å². The fourth-order valence-corrected chi connectivity index (χ4v) is 3.90. The molecular formula is C12H19O3-. The molecule has 0 aromatic carbocycles. The van der Waals surface area contributed by atoms with Crippen molar-refractivity contribution >= 4 is 5.97 Å². The van der Waals surface area contributed by atoms with Crippen LogP contribution in [-0.2, 0) is 4.79 Å². The summed E-state index contributed by atoms with van der Waals surface area (Å²) in [7, 11) is 0. The first-order chi connectivity index (χ1) is 7.06. The van der Waals surface area contributed by atoms with Crippen LogP contribution < -0.4 is 5.11 Å². The van der Waals surface area contributed by atoms with Crippen LogP contribution in [0.25, 0.3) is 0 Å². The summed E-state index contributed by atoms with van der Waals surface area (Å²) in [5.74, 6) is 2.32. The summed E-state index contributed by atoms with van der Waals surface area (Å²) < 4.78 is 0. The minimum atomic E-state index is -1.08. The number of aliphatic hydroxyl groups is 1. The van der Waals surface area contributed by atoms with Gasteiger partial charge in [0.2, 0.25) is 0 Å². The van der Waals surface area contributed by atoms with E-state index in [1.54, 1.807) is 0 Å². The molecule has 4 fully saturated rings. The summed E-state index contributed by atoms with van der Waals surface area (Å²) in [6.07, 6.45) is 6.94. The van der Waals surface area contributed by atoms with Crippen molar-refractivity contribution in [1.29, 1.82) is 0 Å². The van der Waals surface area contributed by atoms with Crippen LogP contribution in [0.1, 0.15) is 39.0 Å². The zero-order chi connectivity index (χ0) is 11.0. The number of carboxylic acids is 1. The Bertz CT molecular complexity index is 217. The van der Waals surface area contributed by atoms with Crippen LogP contribution in [0.2, 0.25) is 0 Å². The molecule has 0 amide bonds. The predicted molar refractivity (Wildman–Crippen MR) is 53.7 cm³/mol. The van der Waals surface area contributed by atoms with Gasteiger partial charge in [-0.1, -0.05) is 0 Å². The molecule has 0 aromatic heterocycles. The molecular weight excluding hydrogens is 192 g/mol. The van der Waals surface area contributed by atoms with E-state index in [2.05, 4.69) is 0 Å². The van der Waals surface area contributed by atoms with Gasteiger partial charge in [0, 0.05) is 5.97 Å². The highest BCUT2D eigenvalue weighted by atomic mass is 16.4. The zero-order valence-corrected chi connectivity index (χ0v) is 9.19. The van der Waals surface area contributed by atoms with Gasteiger partial charge in [-0.2, -0.15) is 0 Å². The Balaban J connectivity index is 0.000000188. The summed E-state index contributed by atoms with van der Waals surface area (Å²) in [6, 6.07) is 0. The minimum absolute atomic E-state index is 0.0859. The maximum absolute atomic E-state index is 9.83. The first kappa shape index (κ1) is 10.9. The number of hydrogen-bond acceptors (Lipinski definition) is 3. The van der Waals surface area contributed by atoms with Gasteiger partial charge < -0.3 is 15.0 Å². The molecule has 0 aromatic rings. The van der Waals surface area contributed by atoms with Crippen LogP contribution in [0.5, 0.6) is 0 Å². The van der Waals surface area contributed by atoms with Crippen molar-refractivity contribution in [2.75, 3.05) is 0 Å². The van der Waals surface area contributed by atoms with Gasteiger partial charge in [0.05, 0.1) is 6.10 Å². The molecule has 4 saturated carbocycles. The van der Waals surface area contributed by atoms with Crippen LogP contribution in [-0.4, -0.2) is 17.2 Å². The molecule has 0 spiro atoms. The number of carboxylic acid groups (broad SMARTS) is 1. The standard InChI is InChI=1S/C10H16O.C2H4O2/c11-10-8-2-6-1-7(4-8)5-9(10)3-6;1-2(3)4/h6-11H,1-5H2;1H3,(H,3,4)/p-1. The van der Waals surface area contributed by atoms with E-state index in [0.717, 1.165) is 18.8 Å². The Morgan fingerprint density at radius 1 is 1.07 bits per heavy atom. The fourth-order valence-electron chi connectivity index (χ4n) is 3.90. The Morgan fingerprint density at radius 3 is 1.73 bits per heavy atom. The lowest BCUT2D eigenvalue weighted by atomic mass is 9.55. The normalized spacial score (nSPS) is 45.9. The summed E-state index contributed by atoms with van der Waals surface area (Å²) in [5.41, 5.74) is 0. The second-order valence-electron chi connectivity index (χ2n) is 5.41. The Labute approximate surface area is 90.5 Å². The van der Waals surface area contributed by atoms with Gasteiger partial charge in [0.25, 0.3) is 0 Å². The number of hydrogen-bond donors (Lipinski definition) is 1. The van der Waals surface area contributed by atoms with Crippen molar-refractivity contribution in [3.8, 4) is 0 Å². The predicted octanol–water partition coefficient (Wildman–Crippen LogP) is 0.560. The summed E-state index contributed by atoms with van der Waals surface area (Å²) in [4.78, 5) is 8.89. The van der Waals surface area contributed by atoms with Crippen molar-refractivity contribution in [2.24, 2.45) is 23.7 Å². The smallest absolute Gasteiger partial charge is 0.0596 e. The van der Waals surface area contributed by atoms with Crippen molar-refractivity contribution < 1.29 is 15.0 Å². The van der Waals surface area contributed by atoms with Crippen LogP contribution in [0.4, 0.5) is 0 Å². The quantitative estimate of drug-likeness (QED) is 0.637. The van der Waals surface area contributed by atoms with Crippen LogP contribution in [0.3, 0.4) is 0 Å². The number of aliphatic carboxylic acids is 1. The maximum Gasteiger partial charge on any atom is 0.0596 e. The van der Waals surface area contributed by atoms with Gasteiger partial charge in [-0.3, -0.25) is 0 Å². The maximum atomic E-state index is 9.83. The Kier molecular flexibility index (Phi) is 3.01. The van der Waals surface area contributed by atoms with E-state index in [4.69, 9.17) is 9.90 Å². The van der Waals surface area contributed by atoms with Gasteiger partial charge >= 0.3 is 0 Å². The van der Waals surface area contributed by atoms with Crippen LogP contribution in [0.15, 0.2) is 0 Å². The van der Waals surface area contributed by atoms with Gasteiger partial charge in [-0.15, -0.1) is 0 Å². The highest BCUT2D eigenvalue weighted by Gasteiger charge is 2.47. The van der Waals surface area contributed by atoms with Crippen LogP contribution >= 0.6 is 0 Å². The SMILES string of the molecule is CC(=O)[O-].OC1C2CC3CC(C2)CC1C3. The highest BCUT2D eigenvalue weighted by Crippen LogP contribution is 2.53. The highest BCUT2D eigenvalue weighted by molar-refractivity contribution is 5.60. The fraction of sp³-hybridized carbons (Fsp3) is 0.917. The molecule has 0 aliphatic heterocycles. The number of rotatable bonds is 0. The van der Waals surface area contributed by atoms with E-state index in [-0.39, 0.29) is 6.10 Å². The number of carbonyl (C=O) groups is 1. The molecule has 15 heavy (non-hydrogen) atoms. The molecule has 4 bridgehead atoms. The second-order valence-corrected chi connectivity index (χ2v) is 5.41. The summed E-state index contributed by atoms with van der Waals surface area (Å²) in [6.45, 7) is 0.972. The lowest BCUT2D eigenvalue weighted by Gasteiger charge is -2.52. The third kappa shape index (κ3) is 2.33. The third-order valence-corrected chi connectivity index (χ3v) is 4.18. The molecule has 0 saturated heterocycles. The molecule has 4 rings (SSSR count). The molecule has 3 heteroatoms. The van der Waals surface area contributed by atoms with E-state index in [9.17, 15) is 5.11 Å². The zero-order valence-electron chi connectivity index (χ0n) is 9.19. The molecule has 0 radical (unpaired) electrons. The summed E-state index contributed by atoms with van der Waals surface area (Å²) >= 11 is 0. The van der Waals surface area contributed by atoms with Gasteiger partial charge in [-0.25, -0.2) is 0 Å². The molecule has 1 N–H and O–H groups in total. The Morgan fingerprint density at radius 2 is 1.40 bits per heavy atom. The molecule has 3 nitrogen and oxygen atoms in total. The van der Waals surface area contributed by atoms with Gasteiger partial charge in [0.1, 0.15) is 0 Å². The van der Waals surface area contributed by atoms with E-state index in [0.29, 0.717) is 11.8 Å². The molecule has 86 valence electrons. The first-order valence-electron chi connectivity index (χ1n) is 5.92. The largest absolute Gasteiger partial charge is 0.550 e. The van der Waals surface area contributed by atoms with Crippen molar-refractivity contribution in [3.63, 3.8) is 0 Å². The average Bonchev–Trinajstić information content (AvgIpc) is 2.11. The third-order valence-electron chi connectivity index (χ3n) is 4.18. The monoisotopic (exact) mass is 211 g/mol. The van der Waals surface area contributed by atoms with Gasteiger partial charge in [0.15, 0.2) is 0 Å². The molecule has 4 aliphatic rings. The van der Waals surface area contributed by atoms with E-state index in [1.165, 1.54) is 32.1 Å². The Hall–Kier alpha value is -0.570. The molecule has 0 atom stereocenters. The topological polar surface area (TPSA) is 60.4 Å². The van der Waals surface area contributed by atoms with Crippen LogP contribution in [0, 0.1) is 23.7 Å². The number of aliphatic hydroxyl groups excluding tert-OH is 1. The molecule has 4 aliphatic carbocycles. The molecule has 0 unspecified atom stereocenters. The molecule has 0 heterocycles. The number of carbonyl (C=O) groups excluding carboxylic acids is 1. The summed E-state index contributed by atoms with van der Waals surface area (Å²) in [5, 5.41) is 18.7. The first-order valence-corrected chi connectivity index (χ1v) is 5.92. The van der Waals surface area contributed by atoms with Crippen molar-refractivity contribution in [1.82, 2.24) is 0 Å². The lowest BCUT2D eigenvalue weighted by Crippen LogP contribution is -2.48. The van der Waals surface area contributed by atoms with Gasteiger partial charge in [-0.05, 0) is 62.7 Å². The van der Waals surface area contributed by atoms with E-state index < -0.39 is 5.97 Å². The second kappa shape index (κ2) is 4.12. The van der Waals surface area contributed by atoms with E-state index >= 15 is 0 Å². The lowest BCUT2D eigenvalue weighted by molar-refractivity contribution is -0.302. The minimum Gasteiger partial charge on any atom is -0.550 e. The van der Waals surface area contributed by atoms with Crippen molar-refractivity contribution in [2.45, 2.75) is 45.1 Å². The average molecular weight is 211 g/mol.